The summed E-state index contributed by atoms with van der Waals surface area (Å²) in [6.07, 6.45) is 2.05. The summed E-state index contributed by atoms with van der Waals surface area (Å²) in [5, 5.41) is 25.8. The molecule has 0 saturated heterocycles. The number of imidazole rings is 1. The van der Waals surface area contributed by atoms with Gasteiger partial charge in [0.15, 0.2) is 11.3 Å². The van der Waals surface area contributed by atoms with Crippen molar-refractivity contribution in [2.24, 2.45) is 0 Å². The number of carbonyl (C=O) groups excluding carboxylic acids is 1. The zero-order valence-electron chi connectivity index (χ0n) is 15.8. The number of anilines is 1. The highest BCUT2D eigenvalue weighted by Crippen LogP contribution is 2.28. The van der Waals surface area contributed by atoms with Gasteiger partial charge in [-0.15, -0.1) is 0 Å². The fraction of sp³-hybridized carbons (Fsp3) is 0.143. The highest BCUT2D eigenvalue weighted by Gasteiger charge is 2.16. The van der Waals surface area contributed by atoms with Gasteiger partial charge in [0.1, 0.15) is 24.3 Å². The van der Waals surface area contributed by atoms with E-state index in [0.717, 1.165) is 0 Å². The van der Waals surface area contributed by atoms with Crippen LogP contribution in [0.3, 0.4) is 0 Å². The fourth-order valence-electron chi connectivity index (χ4n) is 2.83. The van der Waals surface area contributed by atoms with Crippen LogP contribution in [0.25, 0.3) is 16.9 Å². The molecule has 30 heavy (non-hydrogen) atoms. The van der Waals surface area contributed by atoms with Crippen molar-refractivity contribution in [2.45, 2.75) is 6.10 Å². The summed E-state index contributed by atoms with van der Waals surface area (Å²) in [5.74, 6) is 0.535. The third kappa shape index (κ3) is 4.12. The molecule has 0 bridgehead atoms. The minimum atomic E-state index is -0.982. The van der Waals surface area contributed by atoms with Crippen LogP contribution in [0.2, 0.25) is 0 Å². The van der Waals surface area contributed by atoms with Crippen molar-refractivity contribution in [1.82, 2.24) is 19.6 Å². The van der Waals surface area contributed by atoms with Gasteiger partial charge in [-0.1, -0.05) is 18.2 Å². The molecule has 3 aromatic heterocycles. The minimum Gasteiger partial charge on any atom is -0.490 e. The second-order valence-electron chi connectivity index (χ2n) is 6.44. The Morgan fingerprint density at radius 1 is 1.10 bits per heavy atom. The first-order chi connectivity index (χ1) is 14.7. The highest BCUT2D eigenvalue weighted by atomic mass is 16.5. The number of nitrogens with zero attached hydrogens (tertiary/aromatic N) is 4. The molecule has 0 radical (unpaired) electrons. The van der Waals surface area contributed by atoms with Gasteiger partial charge in [0, 0.05) is 11.8 Å². The number of hydrogen-bond donors (Lipinski definition) is 3. The predicted octanol–water partition coefficient (Wildman–Crippen LogP) is 1.78. The monoisotopic (exact) mass is 405 g/mol. The van der Waals surface area contributed by atoms with E-state index in [-0.39, 0.29) is 18.2 Å². The van der Waals surface area contributed by atoms with E-state index < -0.39 is 12.7 Å². The molecule has 0 aliphatic carbocycles. The first kappa shape index (κ1) is 19.5. The topological polar surface area (TPSA) is 122 Å². The summed E-state index contributed by atoms with van der Waals surface area (Å²) >= 11 is 0. The van der Waals surface area contributed by atoms with Crippen molar-refractivity contribution in [2.75, 3.05) is 18.5 Å². The number of benzene rings is 1. The summed E-state index contributed by atoms with van der Waals surface area (Å²) in [6, 6.07) is 15.9. The van der Waals surface area contributed by atoms with E-state index in [9.17, 15) is 9.90 Å². The van der Waals surface area contributed by atoms with Gasteiger partial charge < -0.3 is 20.3 Å². The van der Waals surface area contributed by atoms with Crippen LogP contribution in [0.1, 0.15) is 10.5 Å². The number of aliphatic hydroxyl groups excluding tert-OH is 2. The Hall–Kier alpha value is -3.82. The predicted molar refractivity (Wildman–Crippen MR) is 109 cm³/mol. The largest absolute Gasteiger partial charge is 0.490 e. The van der Waals surface area contributed by atoms with E-state index >= 15 is 0 Å². The second-order valence-corrected chi connectivity index (χ2v) is 6.44. The number of para-hydroxylation sites is 1. The summed E-state index contributed by atoms with van der Waals surface area (Å²) in [7, 11) is 0. The highest BCUT2D eigenvalue weighted by molar-refractivity contribution is 6.02. The molecule has 9 heteroatoms. The first-order valence-corrected chi connectivity index (χ1v) is 9.24. The maximum absolute atomic E-state index is 12.7. The minimum absolute atomic E-state index is 0.0570. The molecule has 152 valence electrons. The Labute approximate surface area is 171 Å². The molecule has 9 nitrogen and oxygen atoms in total. The molecule has 0 aliphatic rings. The number of hydrogen-bond acceptors (Lipinski definition) is 7. The van der Waals surface area contributed by atoms with Crippen LogP contribution >= 0.6 is 0 Å². The molecule has 1 aromatic carbocycles. The van der Waals surface area contributed by atoms with Gasteiger partial charge in [0.05, 0.1) is 18.5 Å². The number of aromatic nitrogens is 4. The molecule has 0 fully saturated rings. The quantitative estimate of drug-likeness (QED) is 0.428. The molecular formula is C21H19N5O4. The SMILES string of the molecule is O=C(Nc1ccccn1)c1cnc2ccc(-c3ccccc3OCC(O)CO)nn12. The summed E-state index contributed by atoms with van der Waals surface area (Å²) in [5.41, 5.74) is 2.00. The molecular weight excluding hydrogens is 386 g/mol. The lowest BCUT2D eigenvalue weighted by molar-refractivity contribution is 0.0538. The Bertz CT molecular complexity index is 1160. The number of pyridine rings is 1. The second kappa shape index (κ2) is 8.68. The molecule has 3 heterocycles. The number of carbonyl (C=O) groups is 1. The average molecular weight is 405 g/mol. The molecule has 0 saturated carbocycles. The van der Waals surface area contributed by atoms with Gasteiger partial charge >= 0.3 is 0 Å². The average Bonchev–Trinajstić information content (AvgIpc) is 3.21. The Balaban J connectivity index is 1.66. The lowest BCUT2D eigenvalue weighted by Crippen LogP contribution is -2.21. The van der Waals surface area contributed by atoms with Crippen LogP contribution in [-0.4, -0.2) is 55.0 Å². The number of fused-ring (bicyclic) bond motifs is 1. The van der Waals surface area contributed by atoms with Crippen molar-refractivity contribution in [3.8, 4) is 17.0 Å². The molecule has 4 aromatic rings. The zero-order chi connectivity index (χ0) is 20.9. The number of aliphatic hydroxyl groups is 2. The van der Waals surface area contributed by atoms with Crippen LogP contribution in [-0.2, 0) is 0 Å². The number of rotatable bonds is 7. The van der Waals surface area contributed by atoms with E-state index in [4.69, 9.17) is 9.84 Å². The number of amides is 1. The van der Waals surface area contributed by atoms with Gasteiger partial charge in [-0.05, 0) is 36.4 Å². The number of ether oxygens (including phenoxy) is 1. The Kier molecular flexibility index (Phi) is 5.64. The van der Waals surface area contributed by atoms with Gasteiger partial charge in [-0.25, -0.2) is 14.5 Å². The van der Waals surface area contributed by atoms with Gasteiger partial charge in [0.25, 0.3) is 5.91 Å². The van der Waals surface area contributed by atoms with Crippen LogP contribution in [0, 0.1) is 0 Å². The molecule has 1 atom stereocenters. The zero-order valence-corrected chi connectivity index (χ0v) is 15.8. The third-order valence-corrected chi connectivity index (χ3v) is 4.31. The fourth-order valence-corrected chi connectivity index (χ4v) is 2.83. The van der Waals surface area contributed by atoms with E-state index in [2.05, 4.69) is 20.4 Å². The molecule has 0 spiro atoms. The number of nitrogens with one attached hydrogen (secondary N) is 1. The van der Waals surface area contributed by atoms with Crippen molar-refractivity contribution in [3.05, 3.63) is 72.7 Å². The van der Waals surface area contributed by atoms with Crippen molar-refractivity contribution >= 4 is 17.4 Å². The van der Waals surface area contributed by atoms with Crippen molar-refractivity contribution in [1.29, 1.82) is 0 Å². The lowest BCUT2D eigenvalue weighted by atomic mass is 10.1. The molecule has 1 unspecified atom stereocenters. The van der Waals surface area contributed by atoms with Crippen LogP contribution in [0.15, 0.2) is 67.0 Å². The summed E-state index contributed by atoms with van der Waals surface area (Å²) in [4.78, 5) is 21.0. The normalized spacial score (nSPS) is 11.9. The van der Waals surface area contributed by atoms with E-state index in [1.54, 1.807) is 48.7 Å². The van der Waals surface area contributed by atoms with Crippen molar-refractivity contribution in [3.63, 3.8) is 0 Å². The standard InChI is InChI=1S/C21H19N5O4/c27-12-14(28)13-30-18-6-2-1-5-15(18)16-8-9-20-23-11-17(26(20)25-16)21(29)24-19-7-3-4-10-22-19/h1-11,14,27-28H,12-13H2,(H,22,24,29). The Morgan fingerprint density at radius 2 is 1.93 bits per heavy atom. The smallest absolute Gasteiger partial charge is 0.277 e. The molecule has 3 N–H and O–H groups in total. The van der Waals surface area contributed by atoms with Crippen LogP contribution in [0.4, 0.5) is 5.82 Å². The third-order valence-electron chi connectivity index (χ3n) is 4.31. The summed E-state index contributed by atoms with van der Waals surface area (Å²) < 4.78 is 7.08. The van der Waals surface area contributed by atoms with E-state index in [1.807, 2.05) is 12.1 Å². The molecule has 0 aliphatic heterocycles. The molecule has 4 rings (SSSR count). The van der Waals surface area contributed by atoms with Crippen LogP contribution < -0.4 is 10.1 Å². The van der Waals surface area contributed by atoms with Crippen LogP contribution in [0.5, 0.6) is 5.75 Å². The van der Waals surface area contributed by atoms with Gasteiger partial charge in [0.2, 0.25) is 0 Å². The van der Waals surface area contributed by atoms with Crippen molar-refractivity contribution < 1.29 is 19.7 Å². The maximum Gasteiger partial charge on any atom is 0.277 e. The Morgan fingerprint density at radius 3 is 2.73 bits per heavy atom. The van der Waals surface area contributed by atoms with E-state index in [0.29, 0.717) is 28.5 Å². The lowest BCUT2D eigenvalue weighted by Gasteiger charge is -2.13. The first-order valence-electron chi connectivity index (χ1n) is 9.24. The molecule has 1 amide bonds. The van der Waals surface area contributed by atoms with E-state index in [1.165, 1.54) is 10.7 Å². The van der Waals surface area contributed by atoms with Gasteiger partial charge in [-0.3, -0.25) is 4.79 Å². The maximum atomic E-state index is 12.7. The summed E-state index contributed by atoms with van der Waals surface area (Å²) in [6.45, 7) is -0.450. The van der Waals surface area contributed by atoms with Gasteiger partial charge in [-0.2, -0.15) is 5.10 Å².